The molecule has 3 nitrogen and oxygen atoms in total. The molecule has 0 N–H and O–H groups in total. The zero-order valence-corrected chi connectivity index (χ0v) is 11.2. The molecule has 1 fully saturated rings. The topological polar surface area (TPSA) is 32.7 Å². The average Bonchev–Trinajstić information content (AvgIpc) is 2.39. The highest BCUT2D eigenvalue weighted by Crippen LogP contribution is 2.14. The average molecular weight is 252 g/mol. The van der Waals surface area contributed by atoms with Crippen LogP contribution in [-0.4, -0.2) is 27.9 Å². The van der Waals surface area contributed by atoms with Gasteiger partial charge in [-0.05, 0) is 18.4 Å². The molecule has 17 heavy (non-hydrogen) atoms. The van der Waals surface area contributed by atoms with E-state index in [2.05, 4.69) is 4.36 Å². The summed E-state index contributed by atoms with van der Waals surface area (Å²) in [5, 5.41) is 0. The highest BCUT2D eigenvalue weighted by Gasteiger charge is 2.17. The molecule has 94 valence electrons. The fraction of sp³-hybridized carbons (Fsp3) is 0.538. The lowest BCUT2D eigenvalue weighted by molar-refractivity contribution is 0.363. The van der Waals surface area contributed by atoms with Crippen molar-refractivity contribution in [3.8, 4) is 0 Å². The Hall–Kier alpha value is -0.870. The first-order valence-electron chi connectivity index (χ1n) is 6.15. The monoisotopic (exact) mass is 252 g/mol. The van der Waals surface area contributed by atoms with E-state index in [1.165, 1.54) is 6.42 Å². The summed E-state index contributed by atoms with van der Waals surface area (Å²) < 4.78 is 18.9. The van der Waals surface area contributed by atoms with Crippen molar-refractivity contribution in [2.45, 2.75) is 25.8 Å². The summed E-state index contributed by atoms with van der Waals surface area (Å²) in [4.78, 5) is 0. The molecule has 2 rings (SSSR count). The Bertz CT molecular complexity index is 458. The van der Waals surface area contributed by atoms with Crippen molar-refractivity contribution in [3.05, 3.63) is 35.9 Å². The quantitative estimate of drug-likeness (QED) is 0.814. The second-order valence-corrected chi connectivity index (χ2v) is 6.82. The predicted molar refractivity (Wildman–Crippen MR) is 72.1 cm³/mol. The number of hydrogen-bond donors (Lipinski definition) is 0. The minimum absolute atomic E-state index is 0.548. The largest absolute Gasteiger partial charge is 0.234 e. The van der Waals surface area contributed by atoms with Gasteiger partial charge in [-0.25, -0.2) is 12.9 Å². The molecule has 0 spiro atoms. The van der Waals surface area contributed by atoms with Gasteiger partial charge in [0.25, 0.3) is 0 Å². The lowest BCUT2D eigenvalue weighted by atomic mass is 10.2. The Morgan fingerprint density at radius 1 is 1.18 bits per heavy atom. The number of piperidine rings is 1. The Kier molecular flexibility index (Phi) is 4.18. The predicted octanol–water partition coefficient (Wildman–Crippen LogP) is 2.69. The van der Waals surface area contributed by atoms with Crippen LogP contribution in [0.4, 0.5) is 0 Å². The van der Waals surface area contributed by atoms with Crippen LogP contribution in [0.25, 0.3) is 0 Å². The van der Waals surface area contributed by atoms with Gasteiger partial charge in [0.2, 0.25) is 0 Å². The van der Waals surface area contributed by atoms with Crippen LogP contribution in [0, 0.1) is 0 Å². The summed E-state index contributed by atoms with van der Waals surface area (Å²) in [6, 6.07) is 10.0. The Balaban J connectivity index is 2.06. The van der Waals surface area contributed by atoms with Crippen molar-refractivity contribution in [1.82, 2.24) is 4.31 Å². The maximum atomic E-state index is 12.5. The maximum absolute atomic E-state index is 12.5. The summed E-state index contributed by atoms with van der Waals surface area (Å²) in [6.07, 6.45) is 5.31. The Morgan fingerprint density at radius 2 is 1.82 bits per heavy atom. The first-order valence-corrected chi connectivity index (χ1v) is 8.03. The van der Waals surface area contributed by atoms with Crippen molar-refractivity contribution < 1.29 is 4.21 Å². The molecule has 0 aromatic heterocycles. The van der Waals surface area contributed by atoms with Gasteiger partial charge in [0.15, 0.2) is 0 Å². The van der Waals surface area contributed by atoms with E-state index in [4.69, 9.17) is 0 Å². The highest BCUT2D eigenvalue weighted by molar-refractivity contribution is 7.90. The number of nitrogens with zero attached hydrogens (tertiary/aromatic N) is 2. The SMILES string of the molecule is CS(=O)(=NCc1ccccc1)N1CCCCC1. The summed E-state index contributed by atoms with van der Waals surface area (Å²) in [7, 11) is -2.17. The lowest BCUT2D eigenvalue weighted by Gasteiger charge is -2.27. The van der Waals surface area contributed by atoms with Gasteiger partial charge in [-0.1, -0.05) is 36.8 Å². The van der Waals surface area contributed by atoms with Gasteiger partial charge in [-0.3, -0.25) is 0 Å². The first-order chi connectivity index (χ1) is 8.18. The van der Waals surface area contributed by atoms with Gasteiger partial charge in [-0.2, -0.15) is 0 Å². The summed E-state index contributed by atoms with van der Waals surface area (Å²) in [5.74, 6) is 0. The van der Waals surface area contributed by atoms with E-state index in [9.17, 15) is 4.21 Å². The van der Waals surface area contributed by atoms with Crippen LogP contribution in [0.1, 0.15) is 24.8 Å². The summed E-state index contributed by atoms with van der Waals surface area (Å²) in [6.45, 7) is 2.40. The normalized spacial score (nSPS) is 20.8. The highest BCUT2D eigenvalue weighted by atomic mass is 32.2. The van der Waals surface area contributed by atoms with Crippen molar-refractivity contribution in [2.24, 2.45) is 4.36 Å². The molecule has 0 amide bonds. The Labute approximate surface area is 104 Å². The van der Waals surface area contributed by atoms with Crippen molar-refractivity contribution in [2.75, 3.05) is 19.3 Å². The molecule has 0 aliphatic carbocycles. The minimum Gasteiger partial charge on any atom is -0.234 e. The molecular formula is C13H20N2OS. The van der Waals surface area contributed by atoms with Gasteiger partial charge in [0.05, 0.1) is 6.54 Å². The third-order valence-electron chi connectivity index (χ3n) is 3.12. The van der Waals surface area contributed by atoms with Crippen LogP contribution in [0.5, 0.6) is 0 Å². The molecular weight excluding hydrogens is 232 g/mol. The van der Waals surface area contributed by atoms with E-state index >= 15 is 0 Å². The van der Waals surface area contributed by atoms with Crippen LogP contribution in [0.3, 0.4) is 0 Å². The number of rotatable bonds is 3. The van der Waals surface area contributed by atoms with Gasteiger partial charge >= 0.3 is 0 Å². The lowest BCUT2D eigenvalue weighted by Crippen LogP contribution is -2.34. The molecule has 1 atom stereocenters. The molecule has 4 heteroatoms. The fourth-order valence-electron chi connectivity index (χ4n) is 2.06. The molecule has 0 saturated carbocycles. The first kappa shape index (κ1) is 12.6. The fourth-order valence-corrected chi connectivity index (χ4v) is 3.55. The molecule has 1 unspecified atom stereocenters. The molecule has 1 saturated heterocycles. The smallest absolute Gasteiger partial charge is 0.107 e. The second-order valence-electron chi connectivity index (χ2n) is 4.53. The molecule has 0 bridgehead atoms. The number of hydrogen-bond acceptors (Lipinski definition) is 2. The minimum atomic E-state index is -2.17. The third kappa shape index (κ3) is 3.54. The van der Waals surface area contributed by atoms with Crippen molar-refractivity contribution >= 4 is 9.92 Å². The third-order valence-corrected chi connectivity index (χ3v) is 5.06. The standard InChI is InChI=1S/C13H20N2OS/c1-17(16,15-10-6-3-7-11-15)14-12-13-8-4-2-5-9-13/h2,4-5,8-9H,3,6-7,10-12H2,1H3. The van der Waals surface area contributed by atoms with E-state index in [0.717, 1.165) is 31.5 Å². The van der Waals surface area contributed by atoms with Crippen LogP contribution in [-0.2, 0) is 16.5 Å². The van der Waals surface area contributed by atoms with E-state index in [1.807, 2.05) is 34.6 Å². The van der Waals surface area contributed by atoms with E-state index in [-0.39, 0.29) is 0 Å². The van der Waals surface area contributed by atoms with Crippen LogP contribution >= 0.6 is 0 Å². The second kappa shape index (κ2) is 5.65. The summed E-state index contributed by atoms with van der Waals surface area (Å²) in [5.41, 5.74) is 1.12. The Morgan fingerprint density at radius 3 is 2.47 bits per heavy atom. The molecule has 1 aliphatic rings. The molecule has 0 radical (unpaired) electrons. The zero-order valence-electron chi connectivity index (χ0n) is 10.3. The molecule has 1 aliphatic heterocycles. The van der Waals surface area contributed by atoms with Gasteiger partial charge in [-0.15, -0.1) is 0 Å². The van der Waals surface area contributed by atoms with E-state index in [0.29, 0.717) is 6.54 Å². The van der Waals surface area contributed by atoms with Crippen LogP contribution in [0.2, 0.25) is 0 Å². The van der Waals surface area contributed by atoms with Crippen LogP contribution in [0.15, 0.2) is 34.7 Å². The van der Waals surface area contributed by atoms with Crippen molar-refractivity contribution in [1.29, 1.82) is 0 Å². The zero-order chi connectivity index (χ0) is 12.1. The molecule has 1 aromatic carbocycles. The molecule has 1 aromatic rings. The summed E-state index contributed by atoms with van der Waals surface area (Å²) >= 11 is 0. The molecule has 1 heterocycles. The maximum Gasteiger partial charge on any atom is 0.107 e. The van der Waals surface area contributed by atoms with Gasteiger partial charge in [0.1, 0.15) is 9.92 Å². The van der Waals surface area contributed by atoms with E-state index in [1.54, 1.807) is 6.26 Å². The van der Waals surface area contributed by atoms with Gasteiger partial charge < -0.3 is 0 Å². The van der Waals surface area contributed by atoms with Crippen molar-refractivity contribution in [3.63, 3.8) is 0 Å². The van der Waals surface area contributed by atoms with Gasteiger partial charge in [0, 0.05) is 19.3 Å². The van der Waals surface area contributed by atoms with E-state index < -0.39 is 9.92 Å². The number of benzene rings is 1. The van der Waals surface area contributed by atoms with Crippen LogP contribution < -0.4 is 0 Å².